The van der Waals surface area contributed by atoms with Crippen LogP contribution in [0.3, 0.4) is 0 Å². The molecule has 2 aliphatic rings. The molecule has 2 aliphatic carbocycles. The van der Waals surface area contributed by atoms with E-state index in [2.05, 4.69) is 0 Å². The highest BCUT2D eigenvalue weighted by Gasteiger charge is 2.41. The Kier molecular flexibility index (Phi) is 3.92. The molecule has 1 aromatic rings. The third kappa shape index (κ3) is 2.43. The Morgan fingerprint density at radius 2 is 2.20 bits per heavy atom. The summed E-state index contributed by atoms with van der Waals surface area (Å²) < 4.78 is 26.8. The van der Waals surface area contributed by atoms with Crippen molar-refractivity contribution >= 4 is 21.4 Å². The van der Waals surface area contributed by atoms with Gasteiger partial charge in [0.15, 0.2) is 0 Å². The molecule has 20 heavy (non-hydrogen) atoms. The molecular weight excluding hydrogens is 292 g/mol. The van der Waals surface area contributed by atoms with E-state index in [-0.39, 0.29) is 6.54 Å². The van der Waals surface area contributed by atoms with Gasteiger partial charge in [0.25, 0.3) is 0 Å². The summed E-state index contributed by atoms with van der Waals surface area (Å²) in [5.41, 5.74) is 5.63. The van der Waals surface area contributed by atoms with E-state index in [0.29, 0.717) is 17.4 Å². The first kappa shape index (κ1) is 14.5. The van der Waals surface area contributed by atoms with Crippen LogP contribution in [0.4, 0.5) is 0 Å². The summed E-state index contributed by atoms with van der Waals surface area (Å²) in [5.74, 6) is 2.14. The van der Waals surface area contributed by atoms with Crippen LogP contribution in [0.2, 0.25) is 0 Å². The number of thiophene rings is 1. The Labute approximate surface area is 125 Å². The van der Waals surface area contributed by atoms with E-state index in [9.17, 15) is 8.42 Å². The summed E-state index contributed by atoms with van der Waals surface area (Å²) in [6, 6.07) is 1.68. The van der Waals surface area contributed by atoms with Crippen molar-refractivity contribution < 1.29 is 8.42 Å². The Balaban J connectivity index is 1.74. The predicted octanol–water partition coefficient (Wildman–Crippen LogP) is 2.26. The van der Waals surface area contributed by atoms with E-state index < -0.39 is 10.0 Å². The van der Waals surface area contributed by atoms with Crippen LogP contribution >= 0.6 is 11.3 Å². The molecule has 3 rings (SSSR count). The van der Waals surface area contributed by atoms with Gasteiger partial charge in [-0.3, -0.25) is 0 Å². The van der Waals surface area contributed by atoms with Crippen LogP contribution in [0, 0.1) is 17.8 Å². The van der Waals surface area contributed by atoms with Crippen LogP contribution in [0.5, 0.6) is 0 Å². The van der Waals surface area contributed by atoms with Crippen LogP contribution in [0.1, 0.15) is 30.6 Å². The maximum Gasteiger partial charge on any atom is 0.243 e. The van der Waals surface area contributed by atoms with E-state index in [1.807, 2.05) is 0 Å². The molecule has 0 radical (unpaired) electrons. The van der Waals surface area contributed by atoms with Gasteiger partial charge in [-0.25, -0.2) is 12.7 Å². The fourth-order valence-electron chi connectivity index (χ4n) is 3.90. The van der Waals surface area contributed by atoms with Crippen molar-refractivity contribution in [3.8, 4) is 0 Å². The first-order chi connectivity index (χ1) is 9.52. The highest BCUT2D eigenvalue weighted by molar-refractivity contribution is 7.89. The maximum atomic E-state index is 12.6. The number of fused-ring (bicyclic) bond motifs is 2. The Hall–Kier alpha value is -0.430. The van der Waals surface area contributed by atoms with E-state index in [0.717, 1.165) is 16.7 Å². The van der Waals surface area contributed by atoms with E-state index in [1.165, 1.54) is 37.0 Å². The summed E-state index contributed by atoms with van der Waals surface area (Å²) >= 11 is 1.42. The van der Waals surface area contributed by atoms with Gasteiger partial charge in [0, 0.05) is 25.0 Å². The van der Waals surface area contributed by atoms with Gasteiger partial charge in [-0.1, -0.05) is 6.42 Å². The van der Waals surface area contributed by atoms with Crippen LogP contribution in [-0.2, 0) is 16.6 Å². The zero-order valence-electron chi connectivity index (χ0n) is 11.8. The Morgan fingerprint density at radius 3 is 2.80 bits per heavy atom. The number of hydrogen-bond donors (Lipinski definition) is 1. The number of nitrogens with zero attached hydrogens (tertiary/aromatic N) is 1. The molecule has 1 aromatic heterocycles. The summed E-state index contributed by atoms with van der Waals surface area (Å²) in [5, 5.41) is 1.81. The molecule has 2 N–H and O–H groups in total. The average Bonchev–Trinajstić information content (AvgIpc) is 3.14. The summed E-state index contributed by atoms with van der Waals surface area (Å²) in [6.45, 7) is 0.942. The molecule has 0 aliphatic heterocycles. The van der Waals surface area contributed by atoms with Gasteiger partial charge < -0.3 is 5.73 Å². The molecule has 0 saturated heterocycles. The van der Waals surface area contributed by atoms with Gasteiger partial charge in [0.05, 0.1) is 4.90 Å². The van der Waals surface area contributed by atoms with Crippen molar-refractivity contribution in [3.63, 3.8) is 0 Å². The average molecular weight is 314 g/mol. The molecule has 2 fully saturated rings. The number of sulfonamides is 1. The first-order valence-corrected chi connectivity index (χ1v) is 9.57. The van der Waals surface area contributed by atoms with Crippen molar-refractivity contribution in [2.75, 3.05) is 13.6 Å². The van der Waals surface area contributed by atoms with Crippen molar-refractivity contribution in [1.29, 1.82) is 0 Å². The quantitative estimate of drug-likeness (QED) is 0.907. The molecule has 3 atom stereocenters. The molecular formula is C14H22N2O2S2. The largest absolute Gasteiger partial charge is 0.326 e. The second kappa shape index (κ2) is 5.40. The number of hydrogen-bond acceptors (Lipinski definition) is 4. The third-order valence-corrected chi connectivity index (χ3v) is 7.93. The standard InChI is InChI=1S/C14H22N2O2S2/c1-16(9-12-7-10-2-3-11(12)6-10)20(17,18)14-4-5-19-13(14)8-15/h4-5,10-12H,2-3,6-9,15H2,1H3. The number of nitrogens with two attached hydrogens (primary N) is 1. The van der Waals surface area contributed by atoms with Crippen molar-refractivity contribution in [3.05, 3.63) is 16.3 Å². The minimum absolute atomic E-state index is 0.286. The molecule has 0 amide bonds. The van der Waals surface area contributed by atoms with Crippen molar-refractivity contribution in [1.82, 2.24) is 4.31 Å². The lowest BCUT2D eigenvalue weighted by molar-refractivity contribution is 0.280. The molecule has 2 saturated carbocycles. The van der Waals surface area contributed by atoms with Gasteiger partial charge >= 0.3 is 0 Å². The van der Waals surface area contributed by atoms with Gasteiger partial charge in [-0.05, 0) is 48.5 Å². The Morgan fingerprint density at radius 1 is 1.40 bits per heavy atom. The minimum atomic E-state index is -3.38. The lowest BCUT2D eigenvalue weighted by Crippen LogP contribution is -2.34. The molecule has 2 bridgehead atoms. The Bertz CT molecular complexity index is 582. The molecule has 112 valence electrons. The molecule has 4 nitrogen and oxygen atoms in total. The number of rotatable bonds is 5. The fraction of sp³-hybridized carbons (Fsp3) is 0.714. The van der Waals surface area contributed by atoms with E-state index in [1.54, 1.807) is 22.8 Å². The minimum Gasteiger partial charge on any atom is -0.326 e. The highest BCUT2D eigenvalue weighted by Crippen LogP contribution is 2.48. The normalized spacial score (nSPS) is 29.4. The fourth-order valence-corrected chi connectivity index (χ4v) is 6.43. The molecule has 6 heteroatoms. The van der Waals surface area contributed by atoms with Gasteiger partial charge in [0.2, 0.25) is 10.0 Å². The zero-order chi connectivity index (χ0) is 14.3. The molecule has 1 heterocycles. The summed E-state index contributed by atoms with van der Waals surface area (Å²) in [4.78, 5) is 1.15. The molecule has 0 spiro atoms. The molecule has 3 unspecified atom stereocenters. The lowest BCUT2D eigenvalue weighted by Gasteiger charge is -2.26. The second-order valence-corrected chi connectivity index (χ2v) is 9.15. The maximum absolute atomic E-state index is 12.6. The van der Waals surface area contributed by atoms with Crippen LogP contribution in [-0.4, -0.2) is 26.3 Å². The first-order valence-electron chi connectivity index (χ1n) is 7.25. The third-order valence-electron chi connectivity index (χ3n) is 4.95. The van der Waals surface area contributed by atoms with Gasteiger partial charge in [-0.15, -0.1) is 11.3 Å². The zero-order valence-corrected chi connectivity index (χ0v) is 13.4. The highest BCUT2D eigenvalue weighted by atomic mass is 32.2. The summed E-state index contributed by atoms with van der Waals surface area (Å²) in [7, 11) is -1.67. The molecule has 0 aromatic carbocycles. The monoisotopic (exact) mass is 314 g/mol. The van der Waals surface area contributed by atoms with Crippen LogP contribution < -0.4 is 5.73 Å². The van der Waals surface area contributed by atoms with E-state index >= 15 is 0 Å². The van der Waals surface area contributed by atoms with Gasteiger partial charge in [-0.2, -0.15) is 0 Å². The topological polar surface area (TPSA) is 63.4 Å². The summed E-state index contributed by atoms with van der Waals surface area (Å²) in [6.07, 6.45) is 5.15. The lowest BCUT2D eigenvalue weighted by atomic mass is 9.89. The van der Waals surface area contributed by atoms with Crippen LogP contribution in [0.25, 0.3) is 0 Å². The van der Waals surface area contributed by atoms with Crippen molar-refractivity contribution in [2.45, 2.75) is 37.1 Å². The van der Waals surface area contributed by atoms with Gasteiger partial charge in [0.1, 0.15) is 0 Å². The smallest absolute Gasteiger partial charge is 0.243 e. The van der Waals surface area contributed by atoms with Crippen molar-refractivity contribution in [2.24, 2.45) is 23.5 Å². The van der Waals surface area contributed by atoms with E-state index in [4.69, 9.17) is 5.73 Å². The SMILES string of the molecule is CN(CC1CC2CCC1C2)S(=O)(=O)c1ccsc1CN. The van der Waals surface area contributed by atoms with Crippen LogP contribution in [0.15, 0.2) is 16.3 Å². The second-order valence-electron chi connectivity index (χ2n) is 6.13. The predicted molar refractivity (Wildman–Crippen MR) is 81.0 cm³/mol.